The molecular formula is C14H19N3O. The van der Waals surface area contributed by atoms with E-state index in [1.165, 1.54) is 18.7 Å². The Labute approximate surface area is 107 Å². The number of nitrogens with one attached hydrogen (secondary N) is 1. The van der Waals surface area contributed by atoms with Gasteiger partial charge in [0.1, 0.15) is 17.1 Å². The third kappa shape index (κ3) is 1.77. The molecule has 1 aliphatic heterocycles. The van der Waals surface area contributed by atoms with Crippen molar-refractivity contribution in [2.24, 2.45) is 7.05 Å². The SMILES string of the molecule is COc1cccc2c1nc(C1CCCNC1)n2C. The molecule has 1 aromatic heterocycles. The Bertz CT molecular complexity index is 555. The van der Waals surface area contributed by atoms with Gasteiger partial charge < -0.3 is 14.6 Å². The zero-order valence-electron chi connectivity index (χ0n) is 10.9. The van der Waals surface area contributed by atoms with E-state index in [4.69, 9.17) is 9.72 Å². The second-order valence-electron chi connectivity index (χ2n) is 4.90. The smallest absolute Gasteiger partial charge is 0.146 e. The van der Waals surface area contributed by atoms with Crippen molar-refractivity contribution in [1.82, 2.24) is 14.9 Å². The molecule has 4 heteroatoms. The molecule has 3 rings (SSSR count). The van der Waals surface area contributed by atoms with Crippen LogP contribution >= 0.6 is 0 Å². The van der Waals surface area contributed by atoms with E-state index < -0.39 is 0 Å². The highest BCUT2D eigenvalue weighted by Gasteiger charge is 2.21. The molecular weight excluding hydrogens is 226 g/mol. The Morgan fingerprint density at radius 1 is 1.44 bits per heavy atom. The van der Waals surface area contributed by atoms with Crippen molar-refractivity contribution < 1.29 is 4.74 Å². The highest BCUT2D eigenvalue weighted by molar-refractivity contribution is 5.82. The zero-order valence-corrected chi connectivity index (χ0v) is 10.9. The molecule has 1 unspecified atom stereocenters. The van der Waals surface area contributed by atoms with Crippen molar-refractivity contribution in [3.8, 4) is 5.75 Å². The minimum Gasteiger partial charge on any atom is -0.494 e. The monoisotopic (exact) mass is 245 g/mol. The summed E-state index contributed by atoms with van der Waals surface area (Å²) in [4.78, 5) is 4.80. The second kappa shape index (κ2) is 4.61. The van der Waals surface area contributed by atoms with Gasteiger partial charge in [-0.25, -0.2) is 4.98 Å². The fourth-order valence-electron chi connectivity index (χ4n) is 2.81. The number of hydrogen-bond donors (Lipinski definition) is 1. The third-order valence-electron chi connectivity index (χ3n) is 3.79. The molecule has 2 aromatic rings. The Morgan fingerprint density at radius 3 is 3.06 bits per heavy atom. The van der Waals surface area contributed by atoms with Gasteiger partial charge in [-0.05, 0) is 31.5 Å². The molecule has 0 radical (unpaired) electrons. The van der Waals surface area contributed by atoms with Crippen molar-refractivity contribution >= 4 is 11.0 Å². The first kappa shape index (κ1) is 11.5. The summed E-state index contributed by atoms with van der Waals surface area (Å²) in [6.07, 6.45) is 2.44. The fourth-order valence-corrected chi connectivity index (χ4v) is 2.81. The Hall–Kier alpha value is -1.55. The summed E-state index contributed by atoms with van der Waals surface area (Å²) in [5, 5.41) is 3.45. The van der Waals surface area contributed by atoms with Crippen LogP contribution in [0.4, 0.5) is 0 Å². The molecule has 4 nitrogen and oxygen atoms in total. The summed E-state index contributed by atoms with van der Waals surface area (Å²) < 4.78 is 7.60. The molecule has 1 aliphatic rings. The lowest BCUT2D eigenvalue weighted by molar-refractivity contribution is 0.418. The number of ether oxygens (including phenoxy) is 1. The lowest BCUT2D eigenvalue weighted by Crippen LogP contribution is -2.29. The van der Waals surface area contributed by atoms with Crippen LogP contribution in [0.1, 0.15) is 24.6 Å². The van der Waals surface area contributed by atoms with Crippen LogP contribution in [-0.4, -0.2) is 29.8 Å². The molecule has 1 saturated heterocycles. The number of aromatic nitrogens is 2. The number of nitrogens with zero attached hydrogens (tertiary/aromatic N) is 2. The number of para-hydroxylation sites is 1. The standard InChI is InChI=1S/C14H19N3O/c1-17-11-6-3-7-12(18-2)13(11)16-14(17)10-5-4-8-15-9-10/h3,6-7,10,15H,4-5,8-9H2,1-2H3. The number of aryl methyl sites for hydroxylation is 1. The van der Waals surface area contributed by atoms with Crippen molar-refractivity contribution in [1.29, 1.82) is 0 Å². The average Bonchev–Trinajstić information content (AvgIpc) is 2.77. The predicted octanol–water partition coefficient (Wildman–Crippen LogP) is 2.05. The second-order valence-corrected chi connectivity index (χ2v) is 4.90. The van der Waals surface area contributed by atoms with Gasteiger partial charge in [0, 0.05) is 19.5 Å². The lowest BCUT2D eigenvalue weighted by atomic mass is 9.99. The van der Waals surface area contributed by atoms with Crippen LogP contribution in [0.25, 0.3) is 11.0 Å². The number of methoxy groups -OCH3 is 1. The van der Waals surface area contributed by atoms with Gasteiger partial charge in [-0.2, -0.15) is 0 Å². The molecule has 0 aliphatic carbocycles. The molecule has 0 saturated carbocycles. The average molecular weight is 245 g/mol. The van der Waals surface area contributed by atoms with Gasteiger partial charge in [0.05, 0.1) is 12.6 Å². The molecule has 1 fully saturated rings. The lowest BCUT2D eigenvalue weighted by Gasteiger charge is -2.22. The number of piperidine rings is 1. The van der Waals surface area contributed by atoms with Crippen LogP contribution in [-0.2, 0) is 7.05 Å². The first-order valence-electron chi connectivity index (χ1n) is 6.51. The third-order valence-corrected chi connectivity index (χ3v) is 3.79. The first-order chi connectivity index (χ1) is 8.81. The van der Waals surface area contributed by atoms with E-state index in [0.29, 0.717) is 5.92 Å². The highest BCUT2D eigenvalue weighted by atomic mass is 16.5. The quantitative estimate of drug-likeness (QED) is 0.880. The van der Waals surface area contributed by atoms with Gasteiger partial charge >= 0.3 is 0 Å². The van der Waals surface area contributed by atoms with E-state index in [0.717, 1.165) is 29.9 Å². The molecule has 0 spiro atoms. The Morgan fingerprint density at radius 2 is 2.33 bits per heavy atom. The number of rotatable bonds is 2. The Kier molecular flexibility index (Phi) is 2.96. The summed E-state index contributed by atoms with van der Waals surface area (Å²) in [6.45, 7) is 2.16. The van der Waals surface area contributed by atoms with Gasteiger partial charge in [-0.15, -0.1) is 0 Å². The normalized spacial score (nSPS) is 20.2. The minimum absolute atomic E-state index is 0.515. The van der Waals surface area contributed by atoms with E-state index >= 15 is 0 Å². The van der Waals surface area contributed by atoms with E-state index in [1.807, 2.05) is 12.1 Å². The summed E-state index contributed by atoms with van der Waals surface area (Å²) in [5.74, 6) is 2.54. The molecule has 0 bridgehead atoms. The molecule has 1 N–H and O–H groups in total. The predicted molar refractivity (Wildman–Crippen MR) is 72.1 cm³/mol. The number of imidazole rings is 1. The van der Waals surface area contributed by atoms with E-state index in [2.05, 4.69) is 23.0 Å². The van der Waals surface area contributed by atoms with Crippen LogP contribution in [0.3, 0.4) is 0 Å². The van der Waals surface area contributed by atoms with Crippen molar-refractivity contribution in [2.75, 3.05) is 20.2 Å². The van der Waals surface area contributed by atoms with Crippen LogP contribution in [0, 0.1) is 0 Å². The summed E-state index contributed by atoms with van der Waals surface area (Å²) in [5.41, 5.74) is 2.12. The number of fused-ring (bicyclic) bond motifs is 1. The highest BCUT2D eigenvalue weighted by Crippen LogP contribution is 2.30. The summed E-state index contributed by atoms with van der Waals surface area (Å²) in [6, 6.07) is 6.09. The fraction of sp³-hybridized carbons (Fsp3) is 0.500. The molecule has 1 atom stereocenters. The molecule has 0 amide bonds. The van der Waals surface area contributed by atoms with Gasteiger partial charge in [0.15, 0.2) is 0 Å². The van der Waals surface area contributed by atoms with E-state index in [1.54, 1.807) is 7.11 Å². The van der Waals surface area contributed by atoms with Crippen LogP contribution < -0.4 is 10.1 Å². The van der Waals surface area contributed by atoms with Crippen LogP contribution in [0.5, 0.6) is 5.75 Å². The molecule has 96 valence electrons. The topological polar surface area (TPSA) is 39.1 Å². The van der Waals surface area contributed by atoms with Gasteiger partial charge in [0.25, 0.3) is 0 Å². The summed E-state index contributed by atoms with van der Waals surface area (Å²) in [7, 11) is 3.80. The largest absolute Gasteiger partial charge is 0.494 e. The van der Waals surface area contributed by atoms with Gasteiger partial charge in [-0.1, -0.05) is 6.07 Å². The number of hydrogen-bond acceptors (Lipinski definition) is 3. The van der Waals surface area contributed by atoms with Crippen molar-refractivity contribution in [2.45, 2.75) is 18.8 Å². The molecule has 2 heterocycles. The Balaban J connectivity index is 2.09. The maximum atomic E-state index is 5.39. The maximum Gasteiger partial charge on any atom is 0.146 e. The number of benzene rings is 1. The van der Waals surface area contributed by atoms with Crippen molar-refractivity contribution in [3.05, 3.63) is 24.0 Å². The molecule has 18 heavy (non-hydrogen) atoms. The van der Waals surface area contributed by atoms with Crippen LogP contribution in [0.2, 0.25) is 0 Å². The molecule has 1 aromatic carbocycles. The minimum atomic E-state index is 0.515. The van der Waals surface area contributed by atoms with E-state index in [-0.39, 0.29) is 0 Å². The van der Waals surface area contributed by atoms with Crippen LogP contribution in [0.15, 0.2) is 18.2 Å². The van der Waals surface area contributed by atoms with Gasteiger partial charge in [0.2, 0.25) is 0 Å². The summed E-state index contributed by atoms with van der Waals surface area (Å²) >= 11 is 0. The maximum absolute atomic E-state index is 5.39. The van der Waals surface area contributed by atoms with E-state index in [9.17, 15) is 0 Å². The van der Waals surface area contributed by atoms with Crippen molar-refractivity contribution in [3.63, 3.8) is 0 Å². The zero-order chi connectivity index (χ0) is 12.5. The first-order valence-corrected chi connectivity index (χ1v) is 6.51. The van der Waals surface area contributed by atoms with Gasteiger partial charge in [-0.3, -0.25) is 0 Å².